The lowest BCUT2D eigenvalue weighted by atomic mass is 9.92. The number of benzene rings is 1. The summed E-state index contributed by atoms with van der Waals surface area (Å²) in [4.78, 5) is 12.6. The topological polar surface area (TPSA) is 82.3 Å². The number of ether oxygens (including phenoxy) is 1. The van der Waals surface area contributed by atoms with Crippen molar-refractivity contribution in [2.24, 2.45) is 0 Å². The van der Waals surface area contributed by atoms with Crippen LogP contribution in [0.2, 0.25) is 0 Å². The van der Waals surface area contributed by atoms with Gasteiger partial charge in [-0.3, -0.25) is 9.52 Å². The first-order chi connectivity index (χ1) is 10.5. The van der Waals surface area contributed by atoms with Crippen LogP contribution in [0.3, 0.4) is 0 Å². The number of rotatable bonds is 2. The number of hydrogen-bond donors (Lipinski definition) is 2. The van der Waals surface area contributed by atoms with Gasteiger partial charge in [0.25, 0.3) is 0 Å². The molecule has 0 spiro atoms. The number of nitrogens with one attached hydrogen (secondary N) is 1. The summed E-state index contributed by atoms with van der Waals surface area (Å²) in [6.07, 6.45) is 0. The fraction of sp³-hybridized carbons (Fsp3) is 0.412. The minimum Gasteiger partial charge on any atom is -0.507 e. The van der Waals surface area contributed by atoms with Crippen LogP contribution in [-0.4, -0.2) is 21.4 Å². The number of hydrogen-bond acceptors (Lipinski definition) is 6. The molecule has 2 rings (SSSR count). The standard InChI is InChI=1S/C17H20N2O3S/c1-16(2,3)19-23-15(21)13-11-8-10(9-18)6-7-12(11)22-17(4,5)14(13)20/h6-8,19-20H,1-5H3. The SMILES string of the molecule is CC(C)(C)NSC(=O)C1=C(O)C(C)(C)Oc2ccc(C#N)cc21. The quantitative estimate of drug-likeness (QED) is 0.806. The Morgan fingerprint density at radius 1 is 1.39 bits per heavy atom. The summed E-state index contributed by atoms with van der Waals surface area (Å²) < 4.78 is 8.80. The van der Waals surface area contributed by atoms with Gasteiger partial charge in [0, 0.05) is 11.1 Å². The summed E-state index contributed by atoms with van der Waals surface area (Å²) in [7, 11) is 0. The molecule has 0 radical (unpaired) electrons. The predicted molar refractivity (Wildman–Crippen MR) is 90.9 cm³/mol. The predicted octanol–water partition coefficient (Wildman–Crippen LogP) is 3.56. The Morgan fingerprint density at radius 3 is 2.61 bits per heavy atom. The molecule has 122 valence electrons. The van der Waals surface area contributed by atoms with Gasteiger partial charge in [-0.2, -0.15) is 5.26 Å². The Hall–Kier alpha value is -1.97. The van der Waals surface area contributed by atoms with Crippen molar-refractivity contribution in [2.75, 3.05) is 0 Å². The van der Waals surface area contributed by atoms with E-state index in [2.05, 4.69) is 4.72 Å². The normalized spacial score (nSPS) is 16.3. The Labute approximate surface area is 140 Å². The Morgan fingerprint density at radius 2 is 2.04 bits per heavy atom. The van der Waals surface area contributed by atoms with Gasteiger partial charge >= 0.3 is 0 Å². The third-order valence-electron chi connectivity index (χ3n) is 3.20. The van der Waals surface area contributed by atoms with Crippen LogP contribution in [0.25, 0.3) is 5.57 Å². The molecule has 0 saturated carbocycles. The second-order valence-corrected chi connectivity index (χ2v) is 7.68. The van der Waals surface area contributed by atoms with Gasteiger partial charge in [-0.1, -0.05) is 0 Å². The Balaban J connectivity index is 2.50. The van der Waals surface area contributed by atoms with Gasteiger partial charge in [0.05, 0.1) is 17.2 Å². The number of fused-ring (bicyclic) bond motifs is 1. The Bertz CT molecular complexity index is 724. The average molecular weight is 332 g/mol. The van der Waals surface area contributed by atoms with Crippen molar-refractivity contribution in [3.63, 3.8) is 0 Å². The molecule has 5 nitrogen and oxygen atoms in total. The third-order valence-corrected chi connectivity index (χ3v) is 4.31. The molecule has 1 heterocycles. The molecular weight excluding hydrogens is 312 g/mol. The zero-order valence-corrected chi connectivity index (χ0v) is 14.7. The van der Waals surface area contributed by atoms with Crippen molar-refractivity contribution in [3.8, 4) is 11.8 Å². The zero-order chi connectivity index (χ0) is 17.4. The third kappa shape index (κ3) is 3.69. The molecule has 1 aliphatic heterocycles. The monoisotopic (exact) mass is 332 g/mol. The van der Waals surface area contributed by atoms with Gasteiger partial charge in [-0.05, 0) is 64.8 Å². The molecular formula is C17H20N2O3S. The van der Waals surface area contributed by atoms with Crippen LogP contribution in [0.5, 0.6) is 5.75 Å². The molecule has 0 fully saturated rings. The molecule has 1 aromatic carbocycles. The molecule has 0 unspecified atom stereocenters. The maximum Gasteiger partial charge on any atom is 0.238 e. The van der Waals surface area contributed by atoms with Crippen LogP contribution in [0, 0.1) is 11.3 Å². The number of carbonyl (C=O) groups is 1. The van der Waals surface area contributed by atoms with Crippen molar-refractivity contribution in [1.82, 2.24) is 4.72 Å². The number of aliphatic hydroxyl groups excluding tert-OH is 1. The highest BCUT2D eigenvalue weighted by Crippen LogP contribution is 2.41. The van der Waals surface area contributed by atoms with E-state index in [9.17, 15) is 9.90 Å². The molecule has 0 bridgehead atoms. The fourth-order valence-electron chi connectivity index (χ4n) is 2.09. The van der Waals surface area contributed by atoms with Crippen LogP contribution in [0.15, 0.2) is 24.0 Å². The second kappa shape index (κ2) is 5.91. The average Bonchev–Trinajstić information content (AvgIpc) is 2.45. The maximum absolute atomic E-state index is 12.6. The minimum atomic E-state index is -1.01. The van der Waals surface area contributed by atoms with Crippen molar-refractivity contribution in [1.29, 1.82) is 5.26 Å². The van der Waals surface area contributed by atoms with Crippen LogP contribution in [0.1, 0.15) is 45.7 Å². The first-order valence-electron chi connectivity index (χ1n) is 7.21. The van der Waals surface area contributed by atoms with E-state index in [1.807, 2.05) is 26.8 Å². The zero-order valence-electron chi connectivity index (χ0n) is 13.9. The van der Waals surface area contributed by atoms with E-state index >= 15 is 0 Å². The minimum absolute atomic E-state index is 0.131. The summed E-state index contributed by atoms with van der Waals surface area (Å²) in [5, 5.41) is 19.3. The van der Waals surface area contributed by atoms with Crippen LogP contribution in [0.4, 0.5) is 0 Å². The largest absolute Gasteiger partial charge is 0.507 e. The molecule has 6 heteroatoms. The number of nitriles is 1. The molecule has 0 amide bonds. The van der Waals surface area contributed by atoms with Crippen molar-refractivity contribution in [3.05, 3.63) is 35.1 Å². The van der Waals surface area contributed by atoms with E-state index in [1.165, 1.54) is 0 Å². The first kappa shape index (κ1) is 17.4. The molecule has 23 heavy (non-hydrogen) atoms. The van der Waals surface area contributed by atoms with Gasteiger partial charge in [0.2, 0.25) is 5.12 Å². The van der Waals surface area contributed by atoms with Crippen LogP contribution >= 0.6 is 11.9 Å². The Kier molecular flexibility index (Phi) is 4.47. The molecule has 1 aromatic rings. The molecule has 1 aliphatic rings. The fourth-order valence-corrected chi connectivity index (χ4v) is 2.80. The summed E-state index contributed by atoms with van der Waals surface area (Å²) in [5.41, 5.74) is -0.244. The summed E-state index contributed by atoms with van der Waals surface area (Å²) in [6, 6.07) is 6.87. The van der Waals surface area contributed by atoms with Gasteiger partial charge < -0.3 is 9.84 Å². The van der Waals surface area contributed by atoms with Crippen molar-refractivity contribution in [2.45, 2.75) is 45.8 Å². The summed E-state index contributed by atoms with van der Waals surface area (Å²) in [6.45, 7) is 9.21. The lowest BCUT2D eigenvalue weighted by Gasteiger charge is -2.33. The first-order valence-corrected chi connectivity index (χ1v) is 8.02. The summed E-state index contributed by atoms with van der Waals surface area (Å²) in [5.74, 6) is 0.347. The van der Waals surface area contributed by atoms with E-state index in [0.29, 0.717) is 16.9 Å². The smallest absolute Gasteiger partial charge is 0.238 e. The van der Waals surface area contributed by atoms with E-state index in [-0.39, 0.29) is 22.0 Å². The molecule has 0 saturated heterocycles. The van der Waals surface area contributed by atoms with E-state index in [1.54, 1.807) is 32.0 Å². The van der Waals surface area contributed by atoms with Crippen LogP contribution in [-0.2, 0) is 4.79 Å². The highest BCUT2D eigenvalue weighted by atomic mass is 32.2. The van der Waals surface area contributed by atoms with Crippen LogP contribution < -0.4 is 9.46 Å². The molecule has 0 aliphatic carbocycles. The second-order valence-electron chi connectivity index (χ2n) is 6.90. The highest BCUT2D eigenvalue weighted by Gasteiger charge is 2.38. The lowest BCUT2D eigenvalue weighted by Crippen LogP contribution is -2.36. The number of carbonyl (C=O) groups excluding carboxylic acids is 1. The number of aliphatic hydroxyl groups is 1. The van der Waals surface area contributed by atoms with Gasteiger partial charge in [-0.25, -0.2) is 0 Å². The lowest BCUT2D eigenvalue weighted by molar-refractivity contribution is -0.106. The maximum atomic E-state index is 12.6. The van der Waals surface area contributed by atoms with Crippen molar-refractivity contribution < 1.29 is 14.6 Å². The van der Waals surface area contributed by atoms with Crippen molar-refractivity contribution >= 4 is 22.6 Å². The van der Waals surface area contributed by atoms with E-state index in [0.717, 1.165) is 11.9 Å². The number of nitrogens with zero attached hydrogens (tertiary/aromatic N) is 1. The highest BCUT2D eigenvalue weighted by molar-refractivity contribution is 8.13. The molecule has 2 N–H and O–H groups in total. The van der Waals surface area contributed by atoms with Gasteiger partial charge in [-0.15, -0.1) is 0 Å². The van der Waals surface area contributed by atoms with E-state index < -0.39 is 5.60 Å². The molecule has 0 aromatic heterocycles. The summed E-state index contributed by atoms with van der Waals surface area (Å²) >= 11 is 0.926. The van der Waals surface area contributed by atoms with Gasteiger partial charge in [0.15, 0.2) is 5.60 Å². The molecule has 0 atom stereocenters. The van der Waals surface area contributed by atoms with E-state index in [4.69, 9.17) is 10.00 Å². The van der Waals surface area contributed by atoms with Gasteiger partial charge in [0.1, 0.15) is 11.5 Å².